The molecule has 0 aliphatic heterocycles. The van der Waals surface area contributed by atoms with Crippen molar-refractivity contribution in [2.24, 2.45) is 0 Å². The number of anilines is 1. The van der Waals surface area contributed by atoms with E-state index in [-0.39, 0.29) is 6.61 Å². The van der Waals surface area contributed by atoms with Crippen molar-refractivity contribution in [1.82, 2.24) is 14.5 Å². The largest absolute Gasteiger partial charge is 0.392 e. The van der Waals surface area contributed by atoms with E-state index in [1.54, 1.807) is 18.7 Å². The molecule has 1 aromatic carbocycles. The maximum atomic E-state index is 9.08. The molecule has 0 atom stereocenters. The molecule has 5 nitrogen and oxygen atoms in total. The summed E-state index contributed by atoms with van der Waals surface area (Å²) in [7, 11) is 0. The van der Waals surface area contributed by atoms with E-state index < -0.39 is 0 Å². The van der Waals surface area contributed by atoms with E-state index in [1.165, 1.54) is 0 Å². The topological polar surface area (TPSA) is 77.0 Å². The van der Waals surface area contributed by atoms with Gasteiger partial charge in [0.05, 0.1) is 24.8 Å². The number of hydrogen-bond acceptors (Lipinski definition) is 4. The van der Waals surface area contributed by atoms with Gasteiger partial charge in [-0.1, -0.05) is 12.1 Å². The highest BCUT2D eigenvalue weighted by atomic mass is 16.3. The lowest BCUT2D eigenvalue weighted by Gasteiger charge is -2.10. The fourth-order valence-electron chi connectivity index (χ4n) is 2.10. The number of nitrogens with two attached hydrogens (primary N) is 1. The Balaban J connectivity index is 2.08. The summed E-state index contributed by atoms with van der Waals surface area (Å²) in [6, 6.07) is 11.4. The Morgan fingerprint density at radius 3 is 2.65 bits per heavy atom. The van der Waals surface area contributed by atoms with Crippen LogP contribution in [0.25, 0.3) is 16.9 Å². The standard InChI is InChI=1S/C15H14N4O/c16-15-13(2-1-7-18-15)14-8-17-10-19(14)12-5-3-11(9-20)4-6-12/h1-8,10,20H,9H2,(H2,16,18). The normalized spacial score (nSPS) is 10.7. The fourth-order valence-corrected chi connectivity index (χ4v) is 2.10. The number of nitrogens with zero attached hydrogens (tertiary/aromatic N) is 3. The summed E-state index contributed by atoms with van der Waals surface area (Å²) in [6.45, 7) is 0.0343. The minimum absolute atomic E-state index is 0.0343. The van der Waals surface area contributed by atoms with Gasteiger partial charge in [0.25, 0.3) is 0 Å². The number of benzene rings is 1. The van der Waals surface area contributed by atoms with E-state index in [0.717, 1.165) is 22.5 Å². The zero-order valence-electron chi connectivity index (χ0n) is 10.8. The number of aliphatic hydroxyl groups excluding tert-OH is 1. The molecule has 0 spiro atoms. The van der Waals surface area contributed by atoms with Crippen LogP contribution in [0, 0.1) is 0 Å². The quantitative estimate of drug-likeness (QED) is 0.760. The fraction of sp³-hybridized carbons (Fsp3) is 0.0667. The van der Waals surface area contributed by atoms with Gasteiger partial charge >= 0.3 is 0 Å². The lowest BCUT2D eigenvalue weighted by Crippen LogP contribution is -1.99. The van der Waals surface area contributed by atoms with Gasteiger partial charge in [-0.2, -0.15) is 0 Å². The molecule has 0 unspecified atom stereocenters. The van der Waals surface area contributed by atoms with Gasteiger partial charge in [-0.3, -0.25) is 4.57 Å². The van der Waals surface area contributed by atoms with Crippen molar-refractivity contribution in [3.8, 4) is 16.9 Å². The molecule has 0 fully saturated rings. The Labute approximate surface area is 116 Å². The molecule has 2 heterocycles. The van der Waals surface area contributed by atoms with Gasteiger partial charge < -0.3 is 10.8 Å². The van der Waals surface area contributed by atoms with Gasteiger partial charge in [-0.05, 0) is 29.8 Å². The van der Waals surface area contributed by atoms with Crippen molar-refractivity contribution in [2.45, 2.75) is 6.61 Å². The number of pyridine rings is 1. The van der Waals surface area contributed by atoms with Crippen LogP contribution in [0.5, 0.6) is 0 Å². The summed E-state index contributed by atoms with van der Waals surface area (Å²) >= 11 is 0. The minimum Gasteiger partial charge on any atom is -0.392 e. The number of aliphatic hydroxyl groups is 1. The SMILES string of the molecule is Nc1ncccc1-c1cncn1-c1ccc(CO)cc1. The molecule has 100 valence electrons. The van der Waals surface area contributed by atoms with E-state index in [1.807, 2.05) is 41.0 Å². The first-order chi connectivity index (χ1) is 9.79. The van der Waals surface area contributed by atoms with E-state index in [4.69, 9.17) is 10.8 Å². The molecule has 0 amide bonds. The van der Waals surface area contributed by atoms with Crippen LogP contribution in [0.1, 0.15) is 5.56 Å². The van der Waals surface area contributed by atoms with Gasteiger partial charge in [0, 0.05) is 17.4 Å². The van der Waals surface area contributed by atoms with E-state index >= 15 is 0 Å². The summed E-state index contributed by atoms with van der Waals surface area (Å²) in [5.41, 5.74) is 9.47. The van der Waals surface area contributed by atoms with Crippen molar-refractivity contribution in [3.63, 3.8) is 0 Å². The molecule has 0 aliphatic rings. The van der Waals surface area contributed by atoms with Crippen molar-refractivity contribution in [2.75, 3.05) is 5.73 Å². The molecule has 0 saturated carbocycles. The second-order valence-corrected chi connectivity index (χ2v) is 4.41. The van der Waals surface area contributed by atoms with E-state index in [0.29, 0.717) is 5.82 Å². The summed E-state index contributed by atoms with van der Waals surface area (Å²) in [4.78, 5) is 8.29. The van der Waals surface area contributed by atoms with Crippen LogP contribution < -0.4 is 5.73 Å². The Morgan fingerprint density at radius 1 is 1.15 bits per heavy atom. The Hall–Kier alpha value is -2.66. The lowest BCUT2D eigenvalue weighted by atomic mass is 10.1. The molecular weight excluding hydrogens is 252 g/mol. The van der Waals surface area contributed by atoms with Crippen molar-refractivity contribution >= 4 is 5.82 Å². The van der Waals surface area contributed by atoms with Crippen molar-refractivity contribution in [3.05, 3.63) is 60.7 Å². The average molecular weight is 266 g/mol. The predicted octanol–water partition coefficient (Wildman–Crippen LogP) is 2.01. The lowest BCUT2D eigenvalue weighted by molar-refractivity contribution is 0.282. The zero-order chi connectivity index (χ0) is 13.9. The molecule has 3 N–H and O–H groups in total. The zero-order valence-corrected chi connectivity index (χ0v) is 10.8. The van der Waals surface area contributed by atoms with Crippen LogP contribution in [0.3, 0.4) is 0 Å². The Kier molecular flexibility index (Phi) is 3.18. The van der Waals surface area contributed by atoms with Gasteiger partial charge in [0.2, 0.25) is 0 Å². The summed E-state index contributed by atoms with van der Waals surface area (Å²) < 4.78 is 1.94. The average Bonchev–Trinajstić information content (AvgIpc) is 2.97. The smallest absolute Gasteiger partial charge is 0.132 e. The van der Waals surface area contributed by atoms with E-state index in [9.17, 15) is 0 Å². The maximum absolute atomic E-state index is 9.08. The number of rotatable bonds is 3. The first-order valence-electron chi connectivity index (χ1n) is 6.23. The Bertz CT molecular complexity index is 719. The van der Waals surface area contributed by atoms with Crippen molar-refractivity contribution in [1.29, 1.82) is 0 Å². The van der Waals surface area contributed by atoms with Crippen molar-refractivity contribution < 1.29 is 5.11 Å². The number of imidazole rings is 1. The molecule has 0 aliphatic carbocycles. The molecule has 3 rings (SSSR count). The van der Waals surface area contributed by atoms with Crippen LogP contribution in [0.2, 0.25) is 0 Å². The van der Waals surface area contributed by atoms with Crippen LogP contribution in [-0.4, -0.2) is 19.6 Å². The van der Waals surface area contributed by atoms with Gasteiger partial charge in [-0.15, -0.1) is 0 Å². The third-order valence-corrected chi connectivity index (χ3v) is 3.15. The minimum atomic E-state index is 0.0343. The summed E-state index contributed by atoms with van der Waals surface area (Å²) in [6.07, 6.45) is 5.15. The monoisotopic (exact) mass is 266 g/mol. The molecule has 0 radical (unpaired) electrons. The second-order valence-electron chi connectivity index (χ2n) is 4.41. The van der Waals surface area contributed by atoms with Crippen LogP contribution in [0.15, 0.2) is 55.1 Å². The number of nitrogen functional groups attached to an aromatic ring is 1. The number of hydrogen-bond donors (Lipinski definition) is 2. The van der Waals surface area contributed by atoms with Crippen LogP contribution >= 0.6 is 0 Å². The van der Waals surface area contributed by atoms with Gasteiger partial charge in [-0.25, -0.2) is 9.97 Å². The second kappa shape index (κ2) is 5.14. The molecular formula is C15H14N4O. The van der Waals surface area contributed by atoms with Crippen LogP contribution in [0.4, 0.5) is 5.82 Å². The molecule has 0 saturated heterocycles. The number of aromatic nitrogens is 3. The maximum Gasteiger partial charge on any atom is 0.132 e. The third-order valence-electron chi connectivity index (χ3n) is 3.15. The predicted molar refractivity (Wildman–Crippen MR) is 77.1 cm³/mol. The molecule has 5 heteroatoms. The third kappa shape index (κ3) is 2.15. The highest BCUT2D eigenvalue weighted by Crippen LogP contribution is 2.26. The Morgan fingerprint density at radius 2 is 1.95 bits per heavy atom. The highest BCUT2D eigenvalue weighted by Gasteiger charge is 2.10. The molecule has 20 heavy (non-hydrogen) atoms. The molecule has 2 aromatic heterocycles. The van der Waals surface area contributed by atoms with Crippen LogP contribution in [-0.2, 0) is 6.61 Å². The molecule has 3 aromatic rings. The summed E-state index contributed by atoms with van der Waals surface area (Å²) in [5.74, 6) is 0.473. The van der Waals surface area contributed by atoms with Gasteiger partial charge in [0.15, 0.2) is 0 Å². The first-order valence-corrected chi connectivity index (χ1v) is 6.23. The molecule has 0 bridgehead atoms. The first kappa shape index (κ1) is 12.4. The highest BCUT2D eigenvalue weighted by molar-refractivity contribution is 5.71. The van der Waals surface area contributed by atoms with Gasteiger partial charge in [0.1, 0.15) is 5.82 Å². The van der Waals surface area contributed by atoms with E-state index in [2.05, 4.69) is 9.97 Å². The summed E-state index contributed by atoms with van der Waals surface area (Å²) in [5, 5.41) is 9.08.